The van der Waals surface area contributed by atoms with Crippen molar-refractivity contribution < 1.29 is 0 Å². The van der Waals surface area contributed by atoms with Crippen molar-refractivity contribution in [1.29, 1.82) is 0 Å². The molecule has 3 aromatic rings. The van der Waals surface area contributed by atoms with Crippen molar-refractivity contribution in [2.75, 3.05) is 6.54 Å². The molecule has 0 fully saturated rings. The zero-order valence-electron chi connectivity index (χ0n) is 11.9. The number of halogens is 1. The summed E-state index contributed by atoms with van der Waals surface area (Å²) in [5.41, 5.74) is 3.24. The molecule has 0 bridgehead atoms. The molecule has 4 nitrogen and oxygen atoms in total. The first-order valence-corrected chi connectivity index (χ1v) is 7.39. The van der Waals surface area contributed by atoms with Gasteiger partial charge < -0.3 is 5.32 Å². The van der Waals surface area contributed by atoms with Gasteiger partial charge in [-0.25, -0.2) is 9.67 Å². The Bertz CT molecular complexity index is 734. The van der Waals surface area contributed by atoms with Gasteiger partial charge in [-0.2, -0.15) is 5.10 Å². The minimum atomic E-state index is 0.695. The smallest absolute Gasteiger partial charge is 0.158 e. The summed E-state index contributed by atoms with van der Waals surface area (Å²) in [7, 11) is 0. The van der Waals surface area contributed by atoms with Gasteiger partial charge in [0.15, 0.2) is 5.65 Å². The van der Waals surface area contributed by atoms with Crippen molar-refractivity contribution >= 4 is 22.6 Å². The number of pyridine rings is 1. The third-order valence-corrected chi connectivity index (χ3v) is 3.61. The summed E-state index contributed by atoms with van der Waals surface area (Å²) >= 11 is 5.91. The highest BCUT2D eigenvalue weighted by atomic mass is 35.5. The summed E-state index contributed by atoms with van der Waals surface area (Å²) < 4.78 is 1.91. The van der Waals surface area contributed by atoms with Crippen LogP contribution < -0.4 is 5.32 Å². The number of hydrogen-bond acceptors (Lipinski definition) is 3. The molecular formula is C16H17ClN4. The zero-order valence-corrected chi connectivity index (χ0v) is 12.6. The molecule has 0 aliphatic carbocycles. The second-order valence-electron chi connectivity index (χ2n) is 4.97. The van der Waals surface area contributed by atoms with Gasteiger partial charge in [0.25, 0.3) is 0 Å². The molecule has 1 aromatic carbocycles. The Morgan fingerprint density at radius 1 is 1.14 bits per heavy atom. The lowest BCUT2D eigenvalue weighted by Crippen LogP contribution is -2.11. The van der Waals surface area contributed by atoms with Crippen LogP contribution in [-0.4, -0.2) is 21.3 Å². The van der Waals surface area contributed by atoms with Crippen LogP contribution in [-0.2, 0) is 13.1 Å². The normalized spacial score (nSPS) is 11.1. The number of aromatic nitrogens is 3. The van der Waals surface area contributed by atoms with Crippen LogP contribution >= 0.6 is 11.6 Å². The van der Waals surface area contributed by atoms with Crippen molar-refractivity contribution in [2.45, 2.75) is 20.0 Å². The number of benzene rings is 1. The molecule has 2 aromatic heterocycles. The van der Waals surface area contributed by atoms with Crippen molar-refractivity contribution in [3.63, 3.8) is 0 Å². The van der Waals surface area contributed by atoms with E-state index in [9.17, 15) is 0 Å². The lowest BCUT2D eigenvalue weighted by atomic mass is 10.2. The van der Waals surface area contributed by atoms with Crippen LogP contribution in [0.4, 0.5) is 0 Å². The van der Waals surface area contributed by atoms with Crippen LogP contribution in [0.25, 0.3) is 11.0 Å². The SMILES string of the molecule is CCNCc1cnc2c(cnn2Cc2ccc(Cl)cc2)c1. The molecule has 0 spiro atoms. The van der Waals surface area contributed by atoms with E-state index in [0.29, 0.717) is 6.54 Å². The second kappa shape index (κ2) is 6.24. The molecular weight excluding hydrogens is 284 g/mol. The monoisotopic (exact) mass is 300 g/mol. The van der Waals surface area contributed by atoms with E-state index < -0.39 is 0 Å². The fraction of sp³-hybridized carbons (Fsp3) is 0.250. The summed E-state index contributed by atoms with van der Waals surface area (Å²) in [4.78, 5) is 4.54. The van der Waals surface area contributed by atoms with Gasteiger partial charge >= 0.3 is 0 Å². The predicted molar refractivity (Wildman–Crippen MR) is 85.5 cm³/mol. The van der Waals surface area contributed by atoms with Gasteiger partial charge in [-0.15, -0.1) is 0 Å². The summed E-state index contributed by atoms with van der Waals surface area (Å²) in [5.74, 6) is 0. The van der Waals surface area contributed by atoms with Gasteiger partial charge in [-0.3, -0.25) is 0 Å². The maximum Gasteiger partial charge on any atom is 0.158 e. The van der Waals surface area contributed by atoms with Crippen LogP contribution in [0, 0.1) is 0 Å². The van der Waals surface area contributed by atoms with Crippen molar-refractivity contribution in [2.24, 2.45) is 0 Å². The van der Waals surface area contributed by atoms with Crippen molar-refractivity contribution in [3.05, 3.63) is 58.9 Å². The third kappa shape index (κ3) is 3.23. The molecule has 108 valence electrons. The zero-order chi connectivity index (χ0) is 14.7. The summed E-state index contributed by atoms with van der Waals surface area (Å²) in [5, 5.41) is 9.55. The maximum atomic E-state index is 5.91. The summed E-state index contributed by atoms with van der Waals surface area (Å²) in [6.45, 7) is 4.58. The summed E-state index contributed by atoms with van der Waals surface area (Å²) in [6, 6.07) is 9.94. The maximum absolute atomic E-state index is 5.91. The lowest BCUT2D eigenvalue weighted by molar-refractivity contribution is 0.702. The Labute approximate surface area is 128 Å². The molecule has 0 aliphatic rings. The first kappa shape index (κ1) is 14.0. The minimum Gasteiger partial charge on any atom is -0.313 e. The van der Waals surface area contributed by atoms with E-state index in [1.807, 2.05) is 41.3 Å². The first-order chi connectivity index (χ1) is 10.3. The molecule has 0 aliphatic heterocycles. The van der Waals surface area contributed by atoms with E-state index >= 15 is 0 Å². The fourth-order valence-corrected chi connectivity index (χ4v) is 2.39. The van der Waals surface area contributed by atoms with E-state index in [-0.39, 0.29) is 0 Å². The first-order valence-electron chi connectivity index (χ1n) is 7.02. The van der Waals surface area contributed by atoms with Crippen LogP contribution in [0.1, 0.15) is 18.1 Å². The fourth-order valence-electron chi connectivity index (χ4n) is 2.26. The standard InChI is InChI=1S/C16H17ClN4/c1-2-18-8-13-7-14-10-20-21(16(14)19-9-13)11-12-3-5-15(17)6-4-12/h3-7,9-10,18H,2,8,11H2,1H3. The van der Waals surface area contributed by atoms with Gasteiger partial charge in [0.1, 0.15) is 0 Å². The van der Waals surface area contributed by atoms with Gasteiger partial charge in [0, 0.05) is 23.2 Å². The van der Waals surface area contributed by atoms with Gasteiger partial charge in [-0.1, -0.05) is 30.7 Å². The average molecular weight is 301 g/mol. The Balaban J connectivity index is 1.84. The van der Waals surface area contributed by atoms with E-state index in [2.05, 4.69) is 28.4 Å². The van der Waals surface area contributed by atoms with Gasteiger partial charge in [-0.05, 0) is 35.9 Å². The van der Waals surface area contributed by atoms with Crippen molar-refractivity contribution in [1.82, 2.24) is 20.1 Å². The topological polar surface area (TPSA) is 42.7 Å². The highest BCUT2D eigenvalue weighted by Gasteiger charge is 2.06. The van der Waals surface area contributed by atoms with Crippen LogP contribution in [0.15, 0.2) is 42.7 Å². The Morgan fingerprint density at radius 3 is 2.71 bits per heavy atom. The van der Waals surface area contributed by atoms with Gasteiger partial charge in [0.05, 0.1) is 12.7 Å². The second-order valence-corrected chi connectivity index (χ2v) is 5.40. The predicted octanol–water partition coefficient (Wildman–Crippen LogP) is 3.24. The molecule has 0 saturated heterocycles. The molecule has 2 heterocycles. The molecule has 0 saturated carbocycles. The molecule has 0 amide bonds. The van der Waals surface area contributed by atoms with E-state index in [0.717, 1.165) is 34.7 Å². The number of fused-ring (bicyclic) bond motifs is 1. The number of nitrogens with zero attached hydrogens (tertiary/aromatic N) is 3. The van der Waals surface area contributed by atoms with E-state index in [1.54, 1.807) is 0 Å². The van der Waals surface area contributed by atoms with Gasteiger partial charge in [0.2, 0.25) is 0 Å². The molecule has 3 rings (SSSR count). The Kier molecular flexibility index (Phi) is 4.18. The molecule has 0 unspecified atom stereocenters. The van der Waals surface area contributed by atoms with Crippen LogP contribution in [0.2, 0.25) is 5.02 Å². The van der Waals surface area contributed by atoms with Crippen LogP contribution in [0.3, 0.4) is 0 Å². The Hall–Kier alpha value is -1.91. The quantitative estimate of drug-likeness (QED) is 0.786. The van der Waals surface area contributed by atoms with E-state index in [1.165, 1.54) is 5.56 Å². The number of hydrogen-bond donors (Lipinski definition) is 1. The lowest BCUT2D eigenvalue weighted by Gasteiger charge is -2.05. The molecule has 21 heavy (non-hydrogen) atoms. The van der Waals surface area contributed by atoms with Crippen molar-refractivity contribution in [3.8, 4) is 0 Å². The van der Waals surface area contributed by atoms with Crippen LogP contribution in [0.5, 0.6) is 0 Å². The molecule has 5 heteroatoms. The highest BCUT2D eigenvalue weighted by molar-refractivity contribution is 6.30. The summed E-state index contributed by atoms with van der Waals surface area (Å²) in [6.07, 6.45) is 3.78. The Morgan fingerprint density at radius 2 is 1.95 bits per heavy atom. The molecule has 0 atom stereocenters. The minimum absolute atomic E-state index is 0.695. The largest absolute Gasteiger partial charge is 0.313 e. The molecule has 0 radical (unpaired) electrons. The third-order valence-electron chi connectivity index (χ3n) is 3.36. The number of nitrogens with one attached hydrogen (secondary N) is 1. The molecule has 1 N–H and O–H groups in total. The average Bonchev–Trinajstić information content (AvgIpc) is 2.90. The number of rotatable bonds is 5. The highest BCUT2D eigenvalue weighted by Crippen LogP contribution is 2.16. The van der Waals surface area contributed by atoms with E-state index in [4.69, 9.17) is 11.6 Å².